The van der Waals surface area contributed by atoms with Gasteiger partial charge in [0.15, 0.2) is 5.84 Å². The van der Waals surface area contributed by atoms with E-state index in [0.717, 1.165) is 32.1 Å². The summed E-state index contributed by atoms with van der Waals surface area (Å²) in [5, 5.41) is 33.0. The Labute approximate surface area is 206 Å². The smallest absolute Gasteiger partial charge is 0.153 e. The van der Waals surface area contributed by atoms with Crippen molar-refractivity contribution in [2.75, 3.05) is 27.4 Å². The normalized spacial score (nSPS) is 46.9. The van der Waals surface area contributed by atoms with Crippen molar-refractivity contribution in [3.8, 4) is 0 Å². The van der Waals surface area contributed by atoms with Crippen LogP contribution < -0.4 is 16.1 Å². The summed E-state index contributed by atoms with van der Waals surface area (Å²) < 4.78 is 12.5. The molecule has 1 saturated carbocycles. The Kier molecular flexibility index (Phi) is 7.61. The van der Waals surface area contributed by atoms with Gasteiger partial charge in [-0.2, -0.15) is 5.48 Å². The van der Waals surface area contributed by atoms with Crippen LogP contribution in [0.15, 0.2) is 10.1 Å². The summed E-state index contributed by atoms with van der Waals surface area (Å²) in [6.07, 6.45) is 5.24. The molecule has 6 unspecified atom stereocenters. The topological polar surface area (TPSA) is 141 Å². The van der Waals surface area contributed by atoms with E-state index >= 15 is 0 Å². The molecule has 4 aliphatic heterocycles. The molecule has 0 aromatic heterocycles. The third kappa shape index (κ3) is 4.95. The number of nitrogens with zero attached hydrogens (tertiary/aromatic N) is 3. The molecule has 0 aromatic rings. The van der Waals surface area contributed by atoms with E-state index in [2.05, 4.69) is 26.3 Å². The summed E-state index contributed by atoms with van der Waals surface area (Å²) in [6, 6.07) is 0.376. The van der Waals surface area contributed by atoms with Gasteiger partial charge in [0.1, 0.15) is 37.3 Å². The maximum Gasteiger partial charge on any atom is 0.153 e. The van der Waals surface area contributed by atoms with Crippen LogP contribution in [0, 0.1) is 11.8 Å². The molecule has 1 aliphatic carbocycles. The number of aliphatic hydroxyl groups excluding tert-OH is 1. The zero-order valence-corrected chi connectivity index (χ0v) is 20.8. The predicted molar refractivity (Wildman–Crippen MR) is 127 cm³/mol. The predicted octanol–water partition coefficient (Wildman–Crippen LogP) is -0.523. The fraction of sp³-hybridized carbons (Fsp3) is 0.913. The molecular weight excluding hydrogens is 456 g/mol. The number of amidine groups is 1. The molecule has 0 spiro atoms. The first-order chi connectivity index (χ1) is 16.9. The molecule has 0 bridgehead atoms. The number of hydrogen-bond acceptors (Lipinski definition) is 11. The number of nitrogens with one attached hydrogen (secondary N) is 3. The molecule has 12 nitrogen and oxygen atoms in total. The molecule has 10 atom stereocenters. The lowest BCUT2D eigenvalue weighted by Crippen LogP contribution is -2.56. The summed E-state index contributed by atoms with van der Waals surface area (Å²) in [5.74, 6) is 1.39. The van der Waals surface area contributed by atoms with Crippen LogP contribution in [-0.2, 0) is 19.1 Å². The van der Waals surface area contributed by atoms with E-state index in [-0.39, 0.29) is 31.0 Å². The Morgan fingerprint density at radius 2 is 2.11 bits per heavy atom. The van der Waals surface area contributed by atoms with E-state index in [9.17, 15) is 10.2 Å². The average molecular weight is 497 g/mol. The SMILES string of the molecule is CO/N=C1\NC=NC2C1CCN2[C@@H]1O[C@H](COC2CCC3CCC(NOC)NC3C2)[C@@](C)(O)[C@H]1O. The Hall–Kier alpha value is -1.38. The maximum absolute atomic E-state index is 11.2. The van der Waals surface area contributed by atoms with Crippen molar-refractivity contribution < 1.29 is 29.4 Å². The number of aliphatic hydroxyl groups is 2. The van der Waals surface area contributed by atoms with Crippen LogP contribution in [0.1, 0.15) is 45.4 Å². The molecule has 4 heterocycles. The molecule has 12 heteroatoms. The van der Waals surface area contributed by atoms with Crippen molar-refractivity contribution in [2.45, 2.75) is 94.0 Å². The standard InChI is InChI=1S/C23H40N6O6/c1-23(31)17(11-34-14-6-4-13-5-7-18(27-32-2)26-16(13)10-14)35-22(19(23)30)29-9-8-15-20(28-33-3)24-12-25-21(15)29/h12-19,21-22,26-27,30-31H,4-11H2,1-3H3,(H,24,25,28)/t13?,14?,15?,16?,17-,18?,19+,21?,22-,23-/m1/s1. The van der Waals surface area contributed by atoms with Gasteiger partial charge in [-0.05, 0) is 51.4 Å². The van der Waals surface area contributed by atoms with Crippen molar-refractivity contribution in [3.63, 3.8) is 0 Å². The maximum atomic E-state index is 11.2. The van der Waals surface area contributed by atoms with Crippen LogP contribution in [0.5, 0.6) is 0 Å². The van der Waals surface area contributed by atoms with Crippen molar-refractivity contribution >= 4 is 12.2 Å². The number of hydrogen-bond donors (Lipinski definition) is 5. The molecule has 0 amide bonds. The number of piperidine rings is 1. The van der Waals surface area contributed by atoms with Gasteiger partial charge in [-0.3, -0.25) is 15.2 Å². The highest BCUT2D eigenvalue weighted by molar-refractivity contribution is 5.95. The lowest BCUT2D eigenvalue weighted by Gasteiger charge is -2.43. The molecule has 4 fully saturated rings. The Balaban J connectivity index is 1.18. The van der Waals surface area contributed by atoms with E-state index < -0.39 is 24.0 Å². The number of rotatable bonds is 7. The van der Waals surface area contributed by atoms with Crippen LogP contribution >= 0.6 is 0 Å². The molecule has 0 radical (unpaired) electrons. The van der Waals surface area contributed by atoms with Crippen molar-refractivity contribution in [2.24, 2.45) is 22.0 Å². The van der Waals surface area contributed by atoms with Crippen LogP contribution in [-0.4, -0.2) is 103 Å². The molecule has 3 saturated heterocycles. The third-order valence-corrected chi connectivity index (χ3v) is 8.46. The lowest BCUT2D eigenvalue weighted by molar-refractivity contribution is -0.126. The van der Waals surface area contributed by atoms with Gasteiger partial charge >= 0.3 is 0 Å². The van der Waals surface area contributed by atoms with Gasteiger partial charge in [0.05, 0.1) is 38.2 Å². The van der Waals surface area contributed by atoms with Crippen LogP contribution in [0.3, 0.4) is 0 Å². The fourth-order valence-corrected chi connectivity index (χ4v) is 6.43. The van der Waals surface area contributed by atoms with E-state index in [1.807, 2.05) is 4.90 Å². The van der Waals surface area contributed by atoms with Gasteiger partial charge in [0.2, 0.25) is 0 Å². The molecule has 5 N–H and O–H groups in total. The second-order valence-electron chi connectivity index (χ2n) is 10.6. The summed E-state index contributed by atoms with van der Waals surface area (Å²) in [7, 11) is 3.15. The third-order valence-electron chi connectivity index (χ3n) is 8.46. The molecule has 198 valence electrons. The highest BCUT2D eigenvalue weighted by Gasteiger charge is 2.57. The second kappa shape index (κ2) is 10.5. The van der Waals surface area contributed by atoms with Gasteiger partial charge in [-0.1, -0.05) is 5.16 Å². The van der Waals surface area contributed by atoms with E-state index in [4.69, 9.17) is 19.1 Å². The molecule has 35 heavy (non-hydrogen) atoms. The van der Waals surface area contributed by atoms with Gasteiger partial charge in [-0.25, -0.2) is 0 Å². The van der Waals surface area contributed by atoms with Gasteiger partial charge < -0.3 is 34.7 Å². The number of oxime groups is 1. The van der Waals surface area contributed by atoms with Crippen molar-refractivity contribution in [3.05, 3.63) is 0 Å². The zero-order chi connectivity index (χ0) is 24.6. The number of likely N-dealkylation sites (tertiary alicyclic amines) is 1. The van der Waals surface area contributed by atoms with Crippen molar-refractivity contribution in [1.29, 1.82) is 0 Å². The summed E-state index contributed by atoms with van der Waals surface area (Å²) >= 11 is 0. The Morgan fingerprint density at radius 3 is 2.91 bits per heavy atom. The van der Waals surface area contributed by atoms with Crippen molar-refractivity contribution in [1.82, 2.24) is 21.0 Å². The Morgan fingerprint density at radius 1 is 1.29 bits per heavy atom. The van der Waals surface area contributed by atoms with Gasteiger partial charge in [0.25, 0.3) is 0 Å². The lowest BCUT2D eigenvalue weighted by atomic mass is 9.77. The van der Waals surface area contributed by atoms with Crippen LogP contribution in [0.4, 0.5) is 0 Å². The Bertz CT molecular complexity index is 798. The first-order valence-corrected chi connectivity index (χ1v) is 12.8. The van der Waals surface area contributed by atoms with Gasteiger partial charge in [-0.15, -0.1) is 0 Å². The van der Waals surface area contributed by atoms with E-state index in [0.29, 0.717) is 24.3 Å². The largest absolute Gasteiger partial charge is 0.398 e. The minimum atomic E-state index is -1.43. The van der Waals surface area contributed by atoms with Crippen LogP contribution in [0.2, 0.25) is 0 Å². The second-order valence-corrected chi connectivity index (χ2v) is 10.6. The number of fused-ring (bicyclic) bond motifs is 2. The molecule has 0 aromatic carbocycles. The molecule has 5 aliphatic rings. The highest BCUT2D eigenvalue weighted by Crippen LogP contribution is 2.39. The summed E-state index contributed by atoms with van der Waals surface area (Å²) in [6.45, 7) is 2.52. The minimum Gasteiger partial charge on any atom is -0.398 e. The van der Waals surface area contributed by atoms with E-state index in [1.165, 1.54) is 13.5 Å². The number of ether oxygens (including phenoxy) is 2. The zero-order valence-electron chi connectivity index (χ0n) is 20.8. The molecule has 5 rings (SSSR count). The summed E-state index contributed by atoms with van der Waals surface area (Å²) in [5.41, 5.74) is 1.59. The first-order valence-electron chi connectivity index (χ1n) is 12.8. The fourth-order valence-electron chi connectivity index (χ4n) is 6.43. The average Bonchev–Trinajstić information content (AvgIpc) is 3.37. The van der Waals surface area contributed by atoms with Gasteiger partial charge in [0, 0.05) is 12.6 Å². The van der Waals surface area contributed by atoms with Crippen LogP contribution in [0.25, 0.3) is 0 Å². The quantitative estimate of drug-likeness (QED) is 0.292. The van der Waals surface area contributed by atoms with E-state index in [1.54, 1.807) is 20.4 Å². The summed E-state index contributed by atoms with van der Waals surface area (Å²) in [4.78, 5) is 16.6. The highest BCUT2D eigenvalue weighted by atomic mass is 16.6. The first kappa shape index (κ1) is 25.3. The minimum absolute atomic E-state index is 0.0191. The monoisotopic (exact) mass is 496 g/mol. The number of aliphatic imine (C=N–C) groups is 1. The number of hydroxylamine groups is 1. The molecular formula is C23H40N6O6.